The zero-order chi connectivity index (χ0) is 14.6. The molecule has 106 valence electrons. The van der Waals surface area contributed by atoms with Crippen molar-refractivity contribution in [1.82, 2.24) is 5.32 Å². The van der Waals surface area contributed by atoms with Gasteiger partial charge in [0.15, 0.2) is 0 Å². The minimum atomic E-state index is -0.506. The van der Waals surface area contributed by atoms with Crippen LogP contribution in [0.25, 0.3) is 0 Å². The highest BCUT2D eigenvalue weighted by molar-refractivity contribution is 5.98. The lowest BCUT2D eigenvalue weighted by Crippen LogP contribution is -2.41. The number of hydrogen-bond donors (Lipinski definition) is 2. The Morgan fingerprint density at radius 1 is 1.42 bits per heavy atom. The Morgan fingerprint density at radius 3 is 2.53 bits per heavy atom. The molecule has 1 aromatic carbocycles. The van der Waals surface area contributed by atoms with E-state index in [1.54, 1.807) is 13.0 Å². The van der Waals surface area contributed by atoms with Gasteiger partial charge >= 0.3 is 0 Å². The summed E-state index contributed by atoms with van der Waals surface area (Å²) in [6.07, 6.45) is -0.0855. The van der Waals surface area contributed by atoms with E-state index in [2.05, 4.69) is 5.32 Å². The fourth-order valence-electron chi connectivity index (χ4n) is 1.90. The lowest BCUT2D eigenvalue weighted by atomic mass is 9.99. The maximum Gasteiger partial charge on any atom is 0.255 e. The Labute approximate surface area is 114 Å². The van der Waals surface area contributed by atoms with Crippen LogP contribution < -0.4 is 10.1 Å². The largest absolute Gasteiger partial charge is 0.496 e. The number of carbonyl (C=O) groups is 1. The molecule has 0 radical (unpaired) electrons. The first-order chi connectivity index (χ1) is 8.74. The third-order valence-electron chi connectivity index (χ3n) is 2.56. The maximum atomic E-state index is 12.4. The fourth-order valence-corrected chi connectivity index (χ4v) is 1.90. The summed E-state index contributed by atoms with van der Waals surface area (Å²) in [7, 11) is 1.54. The molecule has 2 N–H and O–H groups in total. The van der Waals surface area contributed by atoms with Crippen molar-refractivity contribution in [2.24, 2.45) is 0 Å². The molecule has 0 aliphatic rings. The lowest BCUT2D eigenvalue weighted by molar-refractivity contribution is 0.0914. The molecule has 19 heavy (non-hydrogen) atoms. The van der Waals surface area contributed by atoms with Crippen molar-refractivity contribution in [3.05, 3.63) is 29.3 Å². The van der Waals surface area contributed by atoms with Crippen LogP contribution in [-0.2, 0) is 6.42 Å². The van der Waals surface area contributed by atoms with Crippen molar-refractivity contribution in [1.29, 1.82) is 0 Å². The Bertz CT molecular complexity index is 447. The average Bonchev–Trinajstić information content (AvgIpc) is 2.25. The zero-order valence-corrected chi connectivity index (χ0v) is 12.3. The molecule has 0 aliphatic carbocycles. The smallest absolute Gasteiger partial charge is 0.255 e. The van der Waals surface area contributed by atoms with Gasteiger partial charge in [-0.2, -0.15) is 0 Å². The second kappa shape index (κ2) is 6.06. The van der Waals surface area contributed by atoms with Gasteiger partial charge in [-0.1, -0.05) is 12.1 Å². The third kappa shape index (κ3) is 4.56. The standard InChI is InChI=1S/C15H23NO3/c1-10(17)9-11-7-6-8-12(19-5)13(11)14(18)16-15(2,3)4/h6-8,10,17H,9H2,1-5H3,(H,16,18). The predicted molar refractivity (Wildman–Crippen MR) is 75.6 cm³/mol. The van der Waals surface area contributed by atoms with Crippen molar-refractivity contribution >= 4 is 5.91 Å². The monoisotopic (exact) mass is 265 g/mol. The molecule has 0 saturated carbocycles. The van der Waals surface area contributed by atoms with Gasteiger partial charge in [0.05, 0.1) is 18.8 Å². The van der Waals surface area contributed by atoms with Gasteiger partial charge in [-0.3, -0.25) is 4.79 Å². The van der Waals surface area contributed by atoms with Crippen LogP contribution in [0.3, 0.4) is 0 Å². The minimum Gasteiger partial charge on any atom is -0.496 e. The summed E-state index contributed by atoms with van der Waals surface area (Å²) in [6, 6.07) is 5.42. The van der Waals surface area contributed by atoms with Gasteiger partial charge < -0.3 is 15.2 Å². The number of methoxy groups -OCH3 is 1. The van der Waals surface area contributed by atoms with Crippen molar-refractivity contribution in [2.45, 2.75) is 45.8 Å². The first-order valence-electron chi connectivity index (χ1n) is 6.41. The molecule has 0 saturated heterocycles. The molecule has 0 heterocycles. The van der Waals surface area contributed by atoms with Crippen molar-refractivity contribution < 1.29 is 14.6 Å². The summed E-state index contributed by atoms with van der Waals surface area (Å²) in [5.74, 6) is 0.348. The van der Waals surface area contributed by atoms with E-state index in [-0.39, 0.29) is 11.4 Å². The van der Waals surface area contributed by atoms with E-state index in [0.717, 1.165) is 5.56 Å². The molecule has 1 atom stereocenters. The van der Waals surface area contributed by atoms with Gasteiger partial charge in [-0.15, -0.1) is 0 Å². The van der Waals surface area contributed by atoms with Crippen LogP contribution >= 0.6 is 0 Å². The topological polar surface area (TPSA) is 58.6 Å². The number of nitrogens with one attached hydrogen (secondary N) is 1. The van der Waals surface area contributed by atoms with E-state index in [9.17, 15) is 9.90 Å². The number of aliphatic hydroxyl groups is 1. The summed E-state index contributed by atoms with van der Waals surface area (Å²) in [5.41, 5.74) is 0.969. The second-order valence-electron chi connectivity index (χ2n) is 5.75. The summed E-state index contributed by atoms with van der Waals surface area (Å²) >= 11 is 0. The van der Waals surface area contributed by atoms with Crippen LogP contribution in [0.15, 0.2) is 18.2 Å². The van der Waals surface area contributed by atoms with Crippen LogP contribution in [0, 0.1) is 0 Å². The van der Waals surface area contributed by atoms with Crippen molar-refractivity contribution in [3.8, 4) is 5.75 Å². The Kier molecular flexibility index (Phi) is 4.95. The van der Waals surface area contributed by atoms with Crippen LogP contribution in [0.1, 0.15) is 43.6 Å². The summed E-state index contributed by atoms with van der Waals surface area (Å²) in [6.45, 7) is 7.48. The van der Waals surface area contributed by atoms with E-state index in [1.165, 1.54) is 7.11 Å². The van der Waals surface area contributed by atoms with Gasteiger partial charge in [0, 0.05) is 5.54 Å². The second-order valence-corrected chi connectivity index (χ2v) is 5.75. The molecule has 0 spiro atoms. The number of amides is 1. The number of carbonyl (C=O) groups excluding carboxylic acids is 1. The van der Waals surface area contributed by atoms with Gasteiger partial charge in [-0.05, 0) is 45.7 Å². The highest BCUT2D eigenvalue weighted by atomic mass is 16.5. The Balaban J connectivity index is 3.17. The van der Waals surface area contributed by atoms with E-state index >= 15 is 0 Å². The minimum absolute atomic E-state index is 0.180. The number of hydrogen-bond acceptors (Lipinski definition) is 3. The Morgan fingerprint density at radius 2 is 2.05 bits per heavy atom. The molecule has 1 rings (SSSR count). The van der Waals surface area contributed by atoms with E-state index in [1.807, 2.05) is 32.9 Å². The van der Waals surface area contributed by atoms with Gasteiger partial charge in [-0.25, -0.2) is 0 Å². The van der Waals surface area contributed by atoms with E-state index < -0.39 is 6.10 Å². The molecule has 1 amide bonds. The van der Waals surface area contributed by atoms with Crippen LogP contribution in [0.2, 0.25) is 0 Å². The predicted octanol–water partition coefficient (Wildman–Crippen LogP) is 2.15. The number of aliphatic hydroxyl groups excluding tert-OH is 1. The van der Waals surface area contributed by atoms with E-state index in [4.69, 9.17) is 4.74 Å². The quantitative estimate of drug-likeness (QED) is 0.877. The fraction of sp³-hybridized carbons (Fsp3) is 0.533. The number of ether oxygens (including phenoxy) is 1. The average molecular weight is 265 g/mol. The molecule has 4 heteroatoms. The summed E-state index contributed by atoms with van der Waals surface area (Å²) < 4.78 is 5.26. The highest BCUT2D eigenvalue weighted by Gasteiger charge is 2.22. The molecule has 0 fully saturated rings. The molecule has 1 unspecified atom stereocenters. The zero-order valence-electron chi connectivity index (χ0n) is 12.3. The molecule has 4 nitrogen and oxygen atoms in total. The number of benzene rings is 1. The molecule has 0 bridgehead atoms. The van der Waals surface area contributed by atoms with Crippen LogP contribution in [0.4, 0.5) is 0 Å². The van der Waals surface area contributed by atoms with Gasteiger partial charge in [0.1, 0.15) is 5.75 Å². The third-order valence-corrected chi connectivity index (χ3v) is 2.56. The molecule has 1 aromatic rings. The molecule has 0 aromatic heterocycles. The van der Waals surface area contributed by atoms with Gasteiger partial charge in [0.25, 0.3) is 5.91 Å². The van der Waals surface area contributed by atoms with Crippen LogP contribution in [0.5, 0.6) is 5.75 Å². The normalized spacial score (nSPS) is 12.9. The maximum absolute atomic E-state index is 12.4. The van der Waals surface area contributed by atoms with Crippen molar-refractivity contribution in [2.75, 3.05) is 7.11 Å². The van der Waals surface area contributed by atoms with Crippen molar-refractivity contribution in [3.63, 3.8) is 0 Å². The molecule has 0 aliphatic heterocycles. The lowest BCUT2D eigenvalue weighted by Gasteiger charge is -2.22. The Hall–Kier alpha value is -1.55. The highest BCUT2D eigenvalue weighted by Crippen LogP contribution is 2.24. The van der Waals surface area contributed by atoms with E-state index in [0.29, 0.717) is 17.7 Å². The number of rotatable bonds is 4. The van der Waals surface area contributed by atoms with Gasteiger partial charge in [0.2, 0.25) is 0 Å². The summed E-state index contributed by atoms with van der Waals surface area (Å²) in [4.78, 5) is 12.4. The van der Waals surface area contributed by atoms with Crippen LogP contribution in [-0.4, -0.2) is 29.8 Å². The summed E-state index contributed by atoms with van der Waals surface area (Å²) in [5, 5.41) is 12.5. The first-order valence-corrected chi connectivity index (χ1v) is 6.41. The molecular weight excluding hydrogens is 242 g/mol. The SMILES string of the molecule is COc1cccc(CC(C)O)c1C(=O)NC(C)(C)C. The first kappa shape index (κ1) is 15.5. The molecular formula is C15H23NO3.